The van der Waals surface area contributed by atoms with E-state index in [1.807, 2.05) is 20.8 Å². The molecule has 0 unspecified atom stereocenters. The molecule has 0 radical (unpaired) electrons. The molecule has 5 nitrogen and oxygen atoms in total. The van der Waals surface area contributed by atoms with E-state index in [2.05, 4.69) is 0 Å². The van der Waals surface area contributed by atoms with Crippen LogP contribution in [0.3, 0.4) is 0 Å². The van der Waals surface area contributed by atoms with E-state index >= 15 is 0 Å². The third-order valence-corrected chi connectivity index (χ3v) is 3.89. The van der Waals surface area contributed by atoms with Gasteiger partial charge in [-0.3, -0.25) is 9.59 Å². The van der Waals surface area contributed by atoms with Crippen molar-refractivity contribution in [1.29, 1.82) is 0 Å². The third kappa shape index (κ3) is 2.25. The number of rotatable bonds is 1. The number of aromatic hydroxyl groups is 2. The number of nitrogens with zero attached hydrogens (tertiary/aromatic N) is 1. The zero-order valence-corrected chi connectivity index (χ0v) is 13.1. The van der Waals surface area contributed by atoms with E-state index in [9.17, 15) is 19.8 Å². The summed E-state index contributed by atoms with van der Waals surface area (Å²) in [6.45, 7) is 5.63. The number of carbonyl (C=O) groups is 2. The van der Waals surface area contributed by atoms with Crippen molar-refractivity contribution in [3.05, 3.63) is 53.1 Å². The van der Waals surface area contributed by atoms with Crippen LogP contribution in [0.4, 0.5) is 5.69 Å². The maximum Gasteiger partial charge on any atom is 0.266 e. The minimum atomic E-state index is -0.490. The van der Waals surface area contributed by atoms with E-state index in [1.54, 1.807) is 0 Å². The highest BCUT2D eigenvalue weighted by Crippen LogP contribution is 2.40. The Morgan fingerprint density at radius 3 is 2.04 bits per heavy atom. The lowest BCUT2D eigenvalue weighted by atomic mass is 9.82. The van der Waals surface area contributed by atoms with Crippen LogP contribution >= 0.6 is 0 Å². The van der Waals surface area contributed by atoms with E-state index in [4.69, 9.17) is 0 Å². The number of hydrogen-bond acceptors (Lipinski definition) is 4. The lowest BCUT2D eigenvalue weighted by Crippen LogP contribution is -2.30. The second-order valence-electron chi connectivity index (χ2n) is 6.59. The third-order valence-electron chi connectivity index (χ3n) is 3.89. The number of hydrogen-bond donors (Lipinski definition) is 2. The van der Waals surface area contributed by atoms with Gasteiger partial charge < -0.3 is 10.2 Å². The molecule has 118 valence electrons. The molecule has 0 aromatic heterocycles. The number of phenols is 2. The largest absolute Gasteiger partial charge is 0.508 e. The quantitative estimate of drug-likeness (QED) is 0.793. The fourth-order valence-electron chi connectivity index (χ4n) is 2.91. The van der Waals surface area contributed by atoms with Crippen molar-refractivity contribution in [1.82, 2.24) is 0 Å². The van der Waals surface area contributed by atoms with Gasteiger partial charge >= 0.3 is 0 Å². The Morgan fingerprint density at radius 1 is 0.870 bits per heavy atom. The molecule has 0 aliphatic carbocycles. The van der Waals surface area contributed by atoms with Crippen molar-refractivity contribution in [2.45, 2.75) is 26.2 Å². The molecule has 3 rings (SSSR count). The normalized spacial score (nSPS) is 14.3. The number of amides is 2. The molecule has 5 heteroatoms. The summed E-state index contributed by atoms with van der Waals surface area (Å²) in [6, 6.07) is 8.77. The average Bonchev–Trinajstić information content (AvgIpc) is 2.70. The van der Waals surface area contributed by atoms with Crippen LogP contribution in [0, 0.1) is 0 Å². The summed E-state index contributed by atoms with van der Waals surface area (Å²) in [4.78, 5) is 26.6. The van der Waals surface area contributed by atoms with Gasteiger partial charge in [-0.15, -0.1) is 0 Å². The van der Waals surface area contributed by atoms with Crippen LogP contribution in [0.5, 0.6) is 11.5 Å². The van der Waals surface area contributed by atoms with Crippen molar-refractivity contribution >= 4 is 17.5 Å². The number of phenolic OH excluding ortho intramolecular Hbond substituents is 2. The van der Waals surface area contributed by atoms with Crippen molar-refractivity contribution in [2.24, 2.45) is 0 Å². The molecule has 0 saturated heterocycles. The van der Waals surface area contributed by atoms with Gasteiger partial charge in [0.1, 0.15) is 11.5 Å². The average molecular weight is 311 g/mol. The van der Waals surface area contributed by atoms with Crippen LogP contribution in [-0.4, -0.2) is 22.0 Å². The van der Waals surface area contributed by atoms with Gasteiger partial charge in [0.25, 0.3) is 11.8 Å². The van der Waals surface area contributed by atoms with Crippen molar-refractivity contribution in [3.8, 4) is 11.5 Å². The standard InChI is InChI=1S/C18H17NO4/c1-18(2,3)15-13(21)9-8-12-14(15)17(23)19(16(12)22)10-4-6-11(20)7-5-10/h4-9,20-21H,1-3H3. The molecular formula is C18H17NO4. The first-order valence-corrected chi connectivity index (χ1v) is 7.26. The van der Waals surface area contributed by atoms with Crippen LogP contribution < -0.4 is 4.90 Å². The van der Waals surface area contributed by atoms with Crippen molar-refractivity contribution < 1.29 is 19.8 Å². The molecule has 2 amide bonds. The van der Waals surface area contributed by atoms with Gasteiger partial charge in [-0.1, -0.05) is 20.8 Å². The fourth-order valence-corrected chi connectivity index (χ4v) is 2.91. The van der Waals surface area contributed by atoms with E-state index in [1.165, 1.54) is 36.4 Å². The maximum atomic E-state index is 12.8. The molecule has 2 aromatic rings. The first kappa shape index (κ1) is 15.1. The van der Waals surface area contributed by atoms with Crippen LogP contribution in [0.25, 0.3) is 0 Å². The Hall–Kier alpha value is -2.82. The van der Waals surface area contributed by atoms with Crippen LogP contribution in [-0.2, 0) is 5.41 Å². The topological polar surface area (TPSA) is 77.8 Å². The minimum Gasteiger partial charge on any atom is -0.508 e. The van der Waals surface area contributed by atoms with Gasteiger partial charge in [-0.25, -0.2) is 4.90 Å². The van der Waals surface area contributed by atoms with Crippen LogP contribution in [0.2, 0.25) is 0 Å². The Kier molecular flexibility index (Phi) is 3.18. The van der Waals surface area contributed by atoms with Gasteiger partial charge in [-0.05, 0) is 41.8 Å². The van der Waals surface area contributed by atoms with Crippen LogP contribution in [0.15, 0.2) is 36.4 Å². The second kappa shape index (κ2) is 4.84. The van der Waals surface area contributed by atoms with Gasteiger partial charge in [0.05, 0.1) is 16.8 Å². The summed E-state index contributed by atoms with van der Waals surface area (Å²) in [5.41, 5.74) is 0.889. The molecule has 2 N–H and O–H groups in total. The maximum absolute atomic E-state index is 12.8. The summed E-state index contributed by atoms with van der Waals surface area (Å²) >= 11 is 0. The predicted octanol–water partition coefficient (Wildman–Crippen LogP) is 3.20. The molecule has 0 atom stereocenters. The number of anilines is 1. The Labute approximate surface area is 133 Å². The molecule has 23 heavy (non-hydrogen) atoms. The van der Waals surface area contributed by atoms with E-state index in [0.29, 0.717) is 11.3 Å². The SMILES string of the molecule is CC(C)(C)c1c(O)ccc2c1C(=O)N(c1ccc(O)cc1)C2=O. The molecule has 0 bridgehead atoms. The molecule has 1 heterocycles. The number of benzene rings is 2. The predicted molar refractivity (Wildman–Crippen MR) is 86.1 cm³/mol. The van der Waals surface area contributed by atoms with E-state index in [0.717, 1.165) is 4.90 Å². The molecule has 2 aromatic carbocycles. The number of fused-ring (bicyclic) bond motifs is 1. The first-order chi connectivity index (χ1) is 10.7. The molecule has 1 aliphatic rings. The van der Waals surface area contributed by atoms with Gasteiger partial charge in [0.15, 0.2) is 0 Å². The molecule has 0 saturated carbocycles. The monoisotopic (exact) mass is 311 g/mol. The van der Waals surface area contributed by atoms with Crippen molar-refractivity contribution in [3.63, 3.8) is 0 Å². The molecule has 0 fully saturated rings. The first-order valence-electron chi connectivity index (χ1n) is 7.26. The Bertz CT molecular complexity index is 816. The minimum absolute atomic E-state index is 0.00459. The summed E-state index contributed by atoms with van der Waals surface area (Å²) in [5, 5.41) is 19.6. The Morgan fingerprint density at radius 2 is 1.48 bits per heavy atom. The van der Waals surface area contributed by atoms with E-state index in [-0.39, 0.29) is 22.6 Å². The second-order valence-corrected chi connectivity index (χ2v) is 6.59. The van der Waals surface area contributed by atoms with Crippen molar-refractivity contribution in [2.75, 3.05) is 4.90 Å². The highest BCUT2D eigenvalue weighted by molar-refractivity contribution is 6.35. The summed E-state index contributed by atoms with van der Waals surface area (Å²) < 4.78 is 0. The number of carbonyl (C=O) groups excluding carboxylic acids is 2. The lowest BCUT2D eigenvalue weighted by molar-refractivity contribution is 0.0925. The number of imide groups is 1. The smallest absolute Gasteiger partial charge is 0.266 e. The molecule has 1 aliphatic heterocycles. The summed E-state index contributed by atoms with van der Waals surface area (Å²) in [6.07, 6.45) is 0. The molecule has 0 spiro atoms. The zero-order valence-electron chi connectivity index (χ0n) is 13.1. The van der Waals surface area contributed by atoms with Gasteiger partial charge in [0, 0.05) is 5.56 Å². The fraction of sp³-hybridized carbons (Fsp3) is 0.222. The zero-order chi connectivity index (χ0) is 16.9. The van der Waals surface area contributed by atoms with Gasteiger partial charge in [-0.2, -0.15) is 0 Å². The molecular weight excluding hydrogens is 294 g/mol. The van der Waals surface area contributed by atoms with Crippen LogP contribution in [0.1, 0.15) is 47.1 Å². The highest BCUT2D eigenvalue weighted by atomic mass is 16.3. The summed E-state index contributed by atoms with van der Waals surface area (Å²) in [5.74, 6) is -0.832. The lowest BCUT2D eigenvalue weighted by Gasteiger charge is -2.23. The van der Waals surface area contributed by atoms with Gasteiger partial charge in [0.2, 0.25) is 0 Å². The summed E-state index contributed by atoms with van der Waals surface area (Å²) in [7, 11) is 0. The van der Waals surface area contributed by atoms with E-state index < -0.39 is 17.2 Å². The highest BCUT2D eigenvalue weighted by Gasteiger charge is 2.41. The Balaban J connectivity index is 2.20.